The fourth-order valence-electron chi connectivity index (χ4n) is 3.10. The highest BCUT2D eigenvalue weighted by molar-refractivity contribution is 5.29. The van der Waals surface area contributed by atoms with E-state index >= 15 is 0 Å². The number of anilines is 1. The molecular weight excluding hydrogens is 256 g/mol. The van der Waals surface area contributed by atoms with E-state index in [4.69, 9.17) is 15.0 Å². The smallest absolute Gasteiger partial charge is 0.266 e. The van der Waals surface area contributed by atoms with Crippen molar-refractivity contribution in [3.8, 4) is 0 Å². The van der Waals surface area contributed by atoms with Crippen LogP contribution in [0.2, 0.25) is 0 Å². The molecule has 0 unspecified atom stereocenters. The molecule has 20 heavy (non-hydrogen) atoms. The number of nitrogens with two attached hydrogens (primary N) is 1. The number of hydrogen-bond donors (Lipinski definition) is 1. The zero-order chi connectivity index (χ0) is 13.8. The average molecular weight is 280 g/mol. The van der Waals surface area contributed by atoms with Gasteiger partial charge in [0.15, 0.2) is 0 Å². The van der Waals surface area contributed by atoms with E-state index in [1.165, 1.54) is 25.7 Å². The topological polar surface area (TPSA) is 77.4 Å². The number of nitrogens with zero attached hydrogens (tertiary/aromatic N) is 3. The van der Waals surface area contributed by atoms with Crippen LogP contribution in [0.1, 0.15) is 44.4 Å². The summed E-state index contributed by atoms with van der Waals surface area (Å²) in [6.07, 6.45) is 6.74. The van der Waals surface area contributed by atoms with E-state index in [2.05, 4.69) is 15.0 Å². The Morgan fingerprint density at radius 2 is 1.80 bits per heavy atom. The van der Waals surface area contributed by atoms with Crippen LogP contribution in [0.3, 0.4) is 0 Å². The lowest BCUT2D eigenvalue weighted by Gasteiger charge is -2.32. The number of aromatic nitrogens is 2. The molecular formula is C14H24N4O2. The zero-order valence-corrected chi connectivity index (χ0v) is 12.0. The van der Waals surface area contributed by atoms with Gasteiger partial charge in [-0.25, -0.2) is 0 Å². The fraction of sp³-hybridized carbons (Fsp3) is 0.857. The van der Waals surface area contributed by atoms with Crippen LogP contribution in [-0.4, -0.2) is 43.0 Å². The molecule has 1 aromatic rings. The minimum Gasteiger partial charge on any atom is -0.381 e. The van der Waals surface area contributed by atoms with Gasteiger partial charge in [-0.15, -0.1) is 0 Å². The molecule has 0 spiro atoms. The van der Waals surface area contributed by atoms with Gasteiger partial charge in [0.25, 0.3) is 5.95 Å². The summed E-state index contributed by atoms with van der Waals surface area (Å²) in [6.45, 7) is 4.03. The van der Waals surface area contributed by atoms with Crippen LogP contribution in [0.25, 0.3) is 0 Å². The lowest BCUT2D eigenvalue weighted by Crippen LogP contribution is -2.41. The molecule has 1 aromatic heterocycles. The van der Waals surface area contributed by atoms with Crippen LogP contribution >= 0.6 is 0 Å². The molecule has 2 aliphatic heterocycles. The first-order valence-electron chi connectivity index (χ1n) is 7.71. The van der Waals surface area contributed by atoms with Crippen molar-refractivity contribution in [3.05, 3.63) is 5.89 Å². The first-order chi connectivity index (χ1) is 9.84. The highest BCUT2D eigenvalue weighted by Crippen LogP contribution is 2.33. The molecule has 2 fully saturated rings. The third-order valence-corrected chi connectivity index (χ3v) is 4.60. The maximum absolute atomic E-state index is 5.99. The summed E-state index contributed by atoms with van der Waals surface area (Å²) in [5, 5.41) is 4.19. The monoisotopic (exact) mass is 280 g/mol. The van der Waals surface area contributed by atoms with Crippen molar-refractivity contribution in [3.63, 3.8) is 0 Å². The predicted molar refractivity (Wildman–Crippen MR) is 75.8 cm³/mol. The van der Waals surface area contributed by atoms with Gasteiger partial charge >= 0.3 is 0 Å². The predicted octanol–water partition coefficient (Wildman–Crippen LogP) is 1.46. The van der Waals surface area contributed by atoms with Gasteiger partial charge in [0.2, 0.25) is 5.89 Å². The molecule has 0 saturated carbocycles. The SMILES string of the molecule is NCC1(c2nc(N3CCCCCC3)no2)CCOCC1. The summed E-state index contributed by atoms with van der Waals surface area (Å²) < 4.78 is 11.0. The van der Waals surface area contributed by atoms with Gasteiger partial charge in [-0.05, 0) is 30.8 Å². The van der Waals surface area contributed by atoms with Crippen LogP contribution in [0, 0.1) is 0 Å². The van der Waals surface area contributed by atoms with E-state index in [9.17, 15) is 0 Å². The van der Waals surface area contributed by atoms with Crippen molar-refractivity contribution in [1.29, 1.82) is 0 Å². The first kappa shape index (κ1) is 13.8. The molecule has 0 atom stereocenters. The summed E-state index contributed by atoms with van der Waals surface area (Å²) in [7, 11) is 0. The quantitative estimate of drug-likeness (QED) is 0.903. The second-order valence-electron chi connectivity index (χ2n) is 5.90. The van der Waals surface area contributed by atoms with Gasteiger partial charge in [-0.1, -0.05) is 12.8 Å². The van der Waals surface area contributed by atoms with Gasteiger partial charge < -0.3 is 19.9 Å². The van der Waals surface area contributed by atoms with Crippen LogP contribution < -0.4 is 10.6 Å². The molecule has 0 aliphatic carbocycles. The number of rotatable bonds is 3. The molecule has 0 aromatic carbocycles. The standard InChI is InChI=1S/C14H24N4O2/c15-11-14(5-9-19-10-6-14)12-16-13(17-20-12)18-7-3-1-2-4-8-18/h1-11,15H2. The van der Waals surface area contributed by atoms with E-state index in [1.807, 2.05) is 0 Å². The Balaban J connectivity index is 1.77. The Morgan fingerprint density at radius 1 is 1.10 bits per heavy atom. The Labute approximate surface area is 119 Å². The fourth-order valence-corrected chi connectivity index (χ4v) is 3.10. The van der Waals surface area contributed by atoms with E-state index in [0.717, 1.165) is 45.1 Å². The molecule has 0 bridgehead atoms. The number of ether oxygens (including phenoxy) is 1. The van der Waals surface area contributed by atoms with Crippen LogP contribution in [0.5, 0.6) is 0 Å². The second kappa shape index (κ2) is 6.10. The Hall–Kier alpha value is -1.14. The Bertz CT molecular complexity index is 421. The van der Waals surface area contributed by atoms with Gasteiger partial charge in [-0.2, -0.15) is 4.98 Å². The van der Waals surface area contributed by atoms with Crippen molar-refractivity contribution in [1.82, 2.24) is 10.1 Å². The van der Waals surface area contributed by atoms with Gasteiger partial charge in [0.1, 0.15) is 0 Å². The van der Waals surface area contributed by atoms with E-state index in [0.29, 0.717) is 12.4 Å². The van der Waals surface area contributed by atoms with Crippen molar-refractivity contribution in [2.24, 2.45) is 5.73 Å². The van der Waals surface area contributed by atoms with Crippen LogP contribution in [0.15, 0.2) is 4.52 Å². The number of hydrogen-bond acceptors (Lipinski definition) is 6. The summed E-state index contributed by atoms with van der Waals surface area (Å²) in [5.74, 6) is 1.43. The van der Waals surface area contributed by atoms with Crippen LogP contribution in [0.4, 0.5) is 5.95 Å². The molecule has 6 heteroatoms. The molecule has 3 heterocycles. The second-order valence-corrected chi connectivity index (χ2v) is 5.90. The summed E-state index contributed by atoms with van der Waals surface area (Å²) in [4.78, 5) is 6.89. The lowest BCUT2D eigenvalue weighted by atomic mass is 9.80. The lowest BCUT2D eigenvalue weighted by molar-refractivity contribution is 0.0409. The average Bonchev–Trinajstić information content (AvgIpc) is 2.85. The summed E-state index contributed by atoms with van der Waals surface area (Å²) >= 11 is 0. The van der Waals surface area contributed by atoms with Crippen molar-refractivity contribution < 1.29 is 9.26 Å². The Morgan fingerprint density at radius 3 is 2.45 bits per heavy atom. The molecule has 2 saturated heterocycles. The zero-order valence-electron chi connectivity index (χ0n) is 12.0. The molecule has 0 amide bonds. The van der Waals surface area contributed by atoms with Gasteiger partial charge in [0, 0.05) is 32.8 Å². The van der Waals surface area contributed by atoms with Crippen molar-refractivity contribution in [2.75, 3.05) is 37.7 Å². The third kappa shape index (κ3) is 2.67. The molecule has 112 valence electrons. The maximum Gasteiger partial charge on any atom is 0.266 e. The molecule has 3 rings (SSSR count). The van der Waals surface area contributed by atoms with E-state index < -0.39 is 0 Å². The minimum absolute atomic E-state index is 0.185. The molecule has 2 N–H and O–H groups in total. The van der Waals surface area contributed by atoms with Gasteiger partial charge in [-0.3, -0.25) is 0 Å². The molecule has 6 nitrogen and oxygen atoms in total. The van der Waals surface area contributed by atoms with Gasteiger partial charge in [0.05, 0.1) is 5.41 Å². The summed E-state index contributed by atoms with van der Waals surface area (Å²) in [6, 6.07) is 0. The normalized spacial score (nSPS) is 23.6. The highest BCUT2D eigenvalue weighted by Gasteiger charge is 2.39. The molecule has 2 aliphatic rings. The third-order valence-electron chi connectivity index (χ3n) is 4.60. The Kier molecular flexibility index (Phi) is 4.21. The minimum atomic E-state index is -0.185. The maximum atomic E-state index is 5.99. The van der Waals surface area contributed by atoms with Crippen molar-refractivity contribution >= 4 is 5.95 Å². The van der Waals surface area contributed by atoms with Crippen LogP contribution in [-0.2, 0) is 10.2 Å². The van der Waals surface area contributed by atoms with Crippen molar-refractivity contribution in [2.45, 2.75) is 43.9 Å². The molecule has 0 radical (unpaired) electrons. The first-order valence-corrected chi connectivity index (χ1v) is 7.71. The largest absolute Gasteiger partial charge is 0.381 e. The van der Waals surface area contributed by atoms with E-state index in [-0.39, 0.29) is 5.41 Å². The van der Waals surface area contributed by atoms with E-state index in [1.54, 1.807) is 0 Å². The summed E-state index contributed by atoms with van der Waals surface area (Å²) in [5.41, 5.74) is 5.80. The highest BCUT2D eigenvalue weighted by atomic mass is 16.5.